The van der Waals surface area contributed by atoms with Gasteiger partial charge in [-0.2, -0.15) is 0 Å². The van der Waals surface area contributed by atoms with E-state index in [1.807, 2.05) is 13.0 Å². The predicted octanol–water partition coefficient (Wildman–Crippen LogP) is 1.82. The highest BCUT2D eigenvalue weighted by Crippen LogP contribution is 2.41. The SMILES string of the molecule is CCC(N)Cc1cc(O)c2c(c1)OCO2.Cl. The number of fused-ring (bicyclic) bond motifs is 1. The lowest BCUT2D eigenvalue weighted by molar-refractivity contribution is 0.171. The zero-order valence-electron chi connectivity index (χ0n) is 9.10. The molecule has 0 aromatic heterocycles. The van der Waals surface area contributed by atoms with Crippen LogP contribution in [0.5, 0.6) is 17.2 Å². The van der Waals surface area contributed by atoms with E-state index >= 15 is 0 Å². The van der Waals surface area contributed by atoms with Gasteiger partial charge in [-0.3, -0.25) is 0 Å². The molecular formula is C11H16ClNO3. The van der Waals surface area contributed by atoms with Gasteiger partial charge in [0.2, 0.25) is 12.5 Å². The summed E-state index contributed by atoms with van der Waals surface area (Å²) in [6.45, 7) is 2.21. The Labute approximate surface area is 101 Å². The first-order valence-electron chi connectivity index (χ1n) is 5.07. The average Bonchev–Trinajstić information content (AvgIpc) is 2.66. The predicted molar refractivity (Wildman–Crippen MR) is 63.4 cm³/mol. The Morgan fingerprint density at radius 2 is 2.19 bits per heavy atom. The van der Waals surface area contributed by atoms with Crippen LogP contribution in [-0.2, 0) is 6.42 Å². The number of phenols is 1. The number of rotatable bonds is 3. The number of benzene rings is 1. The lowest BCUT2D eigenvalue weighted by Gasteiger charge is -2.09. The average molecular weight is 246 g/mol. The molecule has 0 amide bonds. The van der Waals surface area contributed by atoms with Crippen molar-refractivity contribution in [3.05, 3.63) is 17.7 Å². The molecule has 4 nitrogen and oxygen atoms in total. The first kappa shape index (κ1) is 12.9. The zero-order valence-corrected chi connectivity index (χ0v) is 9.92. The van der Waals surface area contributed by atoms with Crippen molar-refractivity contribution in [2.75, 3.05) is 6.79 Å². The third-order valence-corrected chi connectivity index (χ3v) is 2.53. The van der Waals surface area contributed by atoms with Crippen LogP contribution >= 0.6 is 12.4 Å². The fourth-order valence-corrected chi connectivity index (χ4v) is 1.61. The molecule has 0 saturated heterocycles. The van der Waals surface area contributed by atoms with Crippen LogP contribution in [0.25, 0.3) is 0 Å². The maximum Gasteiger partial charge on any atom is 0.231 e. The molecule has 90 valence electrons. The third kappa shape index (κ3) is 2.51. The number of nitrogens with two attached hydrogens (primary N) is 1. The quantitative estimate of drug-likeness (QED) is 0.853. The van der Waals surface area contributed by atoms with Crippen LogP contribution in [0.2, 0.25) is 0 Å². The van der Waals surface area contributed by atoms with Crippen LogP contribution in [0, 0.1) is 0 Å². The number of hydrogen-bond acceptors (Lipinski definition) is 4. The van der Waals surface area contributed by atoms with E-state index in [9.17, 15) is 5.11 Å². The number of phenolic OH excluding ortho intramolecular Hbond substituents is 1. The minimum atomic E-state index is 0. The van der Waals surface area contributed by atoms with Crippen molar-refractivity contribution in [1.29, 1.82) is 0 Å². The second-order valence-corrected chi connectivity index (χ2v) is 3.72. The molecule has 1 atom stereocenters. The molecule has 0 fully saturated rings. The van der Waals surface area contributed by atoms with E-state index in [4.69, 9.17) is 15.2 Å². The zero-order chi connectivity index (χ0) is 10.8. The normalized spacial score (nSPS) is 14.4. The monoisotopic (exact) mass is 245 g/mol. The van der Waals surface area contributed by atoms with Crippen LogP contribution in [0.1, 0.15) is 18.9 Å². The van der Waals surface area contributed by atoms with Crippen LogP contribution in [0.4, 0.5) is 0 Å². The molecule has 0 aliphatic carbocycles. The number of ether oxygens (including phenoxy) is 2. The summed E-state index contributed by atoms with van der Waals surface area (Å²) in [5.74, 6) is 1.17. The molecule has 1 aromatic carbocycles. The van der Waals surface area contributed by atoms with Gasteiger partial charge in [0.05, 0.1) is 0 Å². The van der Waals surface area contributed by atoms with Crippen molar-refractivity contribution in [3.8, 4) is 17.2 Å². The summed E-state index contributed by atoms with van der Waals surface area (Å²) in [5, 5.41) is 9.65. The highest BCUT2D eigenvalue weighted by molar-refractivity contribution is 5.85. The summed E-state index contributed by atoms with van der Waals surface area (Å²) < 4.78 is 10.3. The molecule has 1 aliphatic rings. The van der Waals surface area contributed by atoms with Gasteiger partial charge >= 0.3 is 0 Å². The van der Waals surface area contributed by atoms with E-state index in [2.05, 4.69) is 0 Å². The van der Waals surface area contributed by atoms with Gasteiger partial charge in [0, 0.05) is 6.04 Å². The largest absolute Gasteiger partial charge is 0.504 e. The maximum atomic E-state index is 9.65. The van der Waals surface area contributed by atoms with E-state index in [1.165, 1.54) is 0 Å². The maximum absolute atomic E-state index is 9.65. The summed E-state index contributed by atoms with van der Waals surface area (Å²) in [6.07, 6.45) is 1.65. The molecule has 0 saturated carbocycles. The Morgan fingerprint density at radius 3 is 2.88 bits per heavy atom. The summed E-state index contributed by atoms with van der Waals surface area (Å²) in [6, 6.07) is 3.67. The highest BCUT2D eigenvalue weighted by Gasteiger charge is 2.19. The van der Waals surface area contributed by atoms with Crippen LogP contribution < -0.4 is 15.2 Å². The van der Waals surface area contributed by atoms with Crippen LogP contribution in [0.3, 0.4) is 0 Å². The molecule has 1 unspecified atom stereocenters. The lowest BCUT2D eigenvalue weighted by Crippen LogP contribution is -2.21. The first-order valence-corrected chi connectivity index (χ1v) is 5.07. The molecule has 1 heterocycles. The summed E-state index contributed by atoms with van der Waals surface area (Å²) in [5.41, 5.74) is 6.82. The van der Waals surface area contributed by atoms with E-state index in [0.29, 0.717) is 11.5 Å². The van der Waals surface area contributed by atoms with Gasteiger partial charge in [-0.15, -0.1) is 12.4 Å². The first-order chi connectivity index (χ1) is 7.20. The molecule has 0 bridgehead atoms. The molecular weight excluding hydrogens is 230 g/mol. The summed E-state index contributed by atoms with van der Waals surface area (Å²) in [4.78, 5) is 0. The molecule has 2 rings (SSSR count). The lowest BCUT2D eigenvalue weighted by atomic mass is 10.0. The van der Waals surface area contributed by atoms with Crippen molar-refractivity contribution in [2.45, 2.75) is 25.8 Å². The van der Waals surface area contributed by atoms with Crippen LogP contribution in [0.15, 0.2) is 12.1 Å². The fraction of sp³-hybridized carbons (Fsp3) is 0.455. The topological polar surface area (TPSA) is 64.7 Å². The summed E-state index contributed by atoms with van der Waals surface area (Å²) in [7, 11) is 0. The molecule has 5 heteroatoms. The van der Waals surface area contributed by atoms with Gasteiger partial charge in [-0.1, -0.05) is 6.92 Å². The van der Waals surface area contributed by atoms with Gasteiger partial charge in [0.15, 0.2) is 11.5 Å². The Morgan fingerprint density at radius 1 is 1.44 bits per heavy atom. The van der Waals surface area contributed by atoms with Crippen molar-refractivity contribution in [1.82, 2.24) is 0 Å². The molecule has 3 N–H and O–H groups in total. The van der Waals surface area contributed by atoms with E-state index in [0.717, 1.165) is 18.4 Å². The Kier molecular flexibility index (Phi) is 4.26. The molecule has 1 aromatic rings. The molecule has 0 spiro atoms. The molecule has 16 heavy (non-hydrogen) atoms. The van der Waals surface area contributed by atoms with Crippen LogP contribution in [-0.4, -0.2) is 17.9 Å². The van der Waals surface area contributed by atoms with Crippen molar-refractivity contribution < 1.29 is 14.6 Å². The van der Waals surface area contributed by atoms with E-state index in [-0.39, 0.29) is 31.0 Å². The third-order valence-electron chi connectivity index (χ3n) is 2.53. The van der Waals surface area contributed by atoms with Crippen molar-refractivity contribution in [2.24, 2.45) is 5.73 Å². The Bertz CT molecular complexity index is 370. The standard InChI is InChI=1S/C11H15NO3.ClH/c1-2-8(12)3-7-4-9(13)11-10(5-7)14-6-15-11;/h4-5,8,13H,2-3,6,12H2,1H3;1H. The van der Waals surface area contributed by atoms with Crippen molar-refractivity contribution in [3.63, 3.8) is 0 Å². The van der Waals surface area contributed by atoms with E-state index < -0.39 is 0 Å². The second-order valence-electron chi connectivity index (χ2n) is 3.72. The number of hydrogen-bond donors (Lipinski definition) is 2. The summed E-state index contributed by atoms with van der Waals surface area (Å²) >= 11 is 0. The number of aromatic hydroxyl groups is 1. The fourth-order valence-electron chi connectivity index (χ4n) is 1.61. The minimum absolute atomic E-state index is 0. The van der Waals surface area contributed by atoms with Crippen molar-refractivity contribution >= 4 is 12.4 Å². The van der Waals surface area contributed by atoms with Gasteiger partial charge in [-0.05, 0) is 30.5 Å². The highest BCUT2D eigenvalue weighted by atomic mass is 35.5. The van der Waals surface area contributed by atoms with Gasteiger partial charge < -0.3 is 20.3 Å². The smallest absolute Gasteiger partial charge is 0.231 e. The van der Waals surface area contributed by atoms with Gasteiger partial charge in [0.25, 0.3) is 0 Å². The molecule has 1 aliphatic heterocycles. The Hall–Kier alpha value is -1.13. The van der Waals surface area contributed by atoms with Gasteiger partial charge in [-0.25, -0.2) is 0 Å². The van der Waals surface area contributed by atoms with Gasteiger partial charge in [0.1, 0.15) is 0 Å². The molecule has 0 radical (unpaired) electrons. The number of halogens is 1. The minimum Gasteiger partial charge on any atom is -0.504 e. The Balaban J connectivity index is 0.00000128. The second kappa shape index (κ2) is 5.27. The van der Waals surface area contributed by atoms with E-state index in [1.54, 1.807) is 6.07 Å².